The molecule has 9 heteroatoms. The lowest BCUT2D eigenvalue weighted by Gasteiger charge is -2.08. The first-order valence-electron chi connectivity index (χ1n) is 8.52. The van der Waals surface area contributed by atoms with Gasteiger partial charge in [-0.1, -0.05) is 30.3 Å². The topological polar surface area (TPSA) is 79.5 Å². The van der Waals surface area contributed by atoms with Gasteiger partial charge in [-0.05, 0) is 31.2 Å². The lowest BCUT2D eigenvalue weighted by Crippen LogP contribution is -2.19. The van der Waals surface area contributed by atoms with E-state index in [9.17, 15) is 23.1 Å². The Hall–Kier alpha value is -3.62. The fraction of sp³-hybridized carbons (Fsp3) is 0.150. The van der Waals surface area contributed by atoms with Crippen LogP contribution in [0.4, 0.5) is 13.2 Å². The van der Waals surface area contributed by atoms with Gasteiger partial charge in [0.1, 0.15) is 5.69 Å². The van der Waals surface area contributed by atoms with Gasteiger partial charge < -0.3 is 5.11 Å². The highest BCUT2D eigenvalue weighted by molar-refractivity contribution is 6.02. The molecule has 1 aromatic heterocycles. The molecule has 0 spiro atoms. The first-order valence-corrected chi connectivity index (χ1v) is 8.52. The van der Waals surface area contributed by atoms with E-state index in [4.69, 9.17) is 0 Å². The molecule has 0 aliphatic heterocycles. The van der Waals surface area contributed by atoms with Crippen LogP contribution in [0.15, 0.2) is 59.7 Å². The Kier molecular flexibility index (Phi) is 5.40. The number of aromatic hydroxyl groups is 1. The Morgan fingerprint density at radius 1 is 1.10 bits per heavy atom. The summed E-state index contributed by atoms with van der Waals surface area (Å²) in [6, 6.07) is 12.8. The highest BCUT2D eigenvalue weighted by Crippen LogP contribution is 2.35. The van der Waals surface area contributed by atoms with Gasteiger partial charge in [-0.3, -0.25) is 9.48 Å². The van der Waals surface area contributed by atoms with E-state index < -0.39 is 17.6 Å². The van der Waals surface area contributed by atoms with Crippen molar-refractivity contribution < 1.29 is 23.1 Å². The fourth-order valence-corrected chi connectivity index (χ4v) is 2.74. The van der Waals surface area contributed by atoms with Crippen molar-refractivity contribution in [3.8, 4) is 17.0 Å². The van der Waals surface area contributed by atoms with Gasteiger partial charge in [-0.15, -0.1) is 0 Å². The number of hydrogen-bond acceptors (Lipinski definition) is 4. The van der Waals surface area contributed by atoms with E-state index in [1.165, 1.54) is 16.8 Å². The maximum absolute atomic E-state index is 12.7. The van der Waals surface area contributed by atoms with Gasteiger partial charge in [0.15, 0.2) is 11.4 Å². The largest absolute Gasteiger partial charge is 0.504 e. The number of hydrazone groups is 1. The van der Waals surface area contributed by atoms with Crippen molar-refractivity contribution in [3.63, 3.8) is 0 Å². The third kappa shape index (κ3) is 4.29. The molecular formula is C20H17F3N4O2. The van der Waals surface area contributed by atoms with E-state index >= 15 is 0 Å². The van der Waals surface area contributed by atoms with E-state index in [0.717, 1.165) is 12.1 Å². The van der Waals surface area contributed by atoms with Crippen molar-refractivity contribution in [3.05, 3.63) is 71.4 Å². The number of carbonyl (C=O) groups is 1. The molecule has 0 atom stereocenters. The molecule has 0 aliphatic carbocycles. The zero-order chi connectivity index (χ0) is 21.2. The standard InChI is InChI=1S/C20H17F3N4O2/c1-12(24-25-19(29)14-6-4-3-5-7-14)16-18(28)17(27(2)26-16)13-8-10-15(11-9-13)20(21,22)23/h3-11,28H,1-2H3,(H,25,29)/b24-12+. The van der Waals surface area contributed by atoms with Crippen LogP contribution in [0.2, 0.25) is 0 Å². The summed E-state index contributed by atoms with van der Waals surface area (Å²) in [7, 11) is 1.55. The van der Waals surface area contributed by atoms with Crippen LogP contribution in [0.1, 0.15) is 28.5 Å². The number of aromatic nitrogens is 2. The Labute approximate surface area is 164 Å². The van der Waals surface area contributed by atoms with Crippen molar-refractivity contribution in [2.24, 2.45) is 12.1 Å². The molecule has 2 N–H and O–H groups in total. The van der Waals surface area contributed by atoms with Crippen LogP contribution in [-0.2, 0) is 13.2 Å². The van der Waals surface area contributed by atoms with Gasteiger partial charge >= 0.3 is 6.18 Å². The molecular weight excluding hydrogens is 385 g/mol. The van der Waals surface area contributed by atoms with E-state index in [0.29, 0.717) is 11.1 Å². The van der Waals surface area contributed by atoms with Crippen LogP contribution >= 0.6 is 0 Å². The van der Waals surface area contributed by atoms with Crippen molar-refractivity contribution >= 4 is 11.6 Å². The summed E-state index contributed by atoms with van der Waals surface area (Å²) in [6.45, 7) is 1.55. The average molecular weight is 402 g/mol. The Balaban J connectivity index is 1.86. The number of rotatable bonds is 4. The quantitative estimate of drug-likeness (QED) is 0.512. The molecule has 29 heavy (non-hydrogen) atoms. The monoisotopic (exact) mass is 402 g/mol. The number of amides is 1. The van der Waals surface area contributed by atoms with Crippen molar-refractivity contribution in [2.45, 2.75) is 13.1 Å². The van der Waals surface area contributed by atoms with Crippen LogP contribution < -0.4 is 5.43 Å². The molecule has 0 fully saturated rings. The molecule has 1 amide bonds. The molecule has 0 saturated heterocycles. The summed E-state index contributed by atoms with van der Waals surface area (Å²) in [4.78, 5) is 12.1. The summed E-state index contributed by atoms with van der Waals surface area (Å²) in [5.74, 6) is -0.675. The van der Waals surface area contributed by atoms with Crippen LogP contribution in [-0.4, -0.2) is 26.5 Å². The fourth-order valence-electron chi connectivity index (χ4n) is 2.74. The van der Waals surface area contributed by atoms with E-state index in [1.54, 1.807) is 44.3 Å². The number of nitrogens with zero attached hydrogens (tertiary/aromatic N) is 3. The van der Waals surface area contributed by atoms with E-state index in [-0.39, 0.29) is 22.8 Å². The van der Waals surface area contributed by atoms with Gasteiger partial charge in [-0.25, -0.2) is 5.43 Å². The number of nitrogens with one attached hydrogen (secondary N) is 1. The van der Waals surface area contributed by atoms with Crippen LogP contribution in [0.25, 0.3) is 11.3 Å². The minimum absolute atomic E-state index is 0.107. The molecule has 3 aromatic rings. The second-order valence-corrected chi connectivity index (χ2v) is 6.25. The molecule has 1 heterocycles. The second-order valence-electron chi connectivity index (χ2n) is 6.25. The number of benzene rings is 2. The van der Waals surface area contributed by atoms with Gasteiger partial charge in [0.05, 0.1) is 11.3 Å². The summed E-state index contributed by atoms with van der Waals surface area (Å²) in [5.41, 5.74) is 2.95. The number of hydrogen-bond donors (Lipinski definition) is 2. The highest BCUT2D eigenvalue weighted by atomic mass is 19.4. The zero-order valence-corrected chi connectivity index (χ0v) is 15.5. The maximum atomic E-state index is 12.7. The second kappa shape index (κ2) is 7.78. The summed E-state index contributed by atoms with van der Waals surface area (Å²) < 4.78 is 39.6. The minimum atomic E-state index is -4.45. The average Bonchev–Trinajstić information content (AvgIpc) is 3.00. The number of aryl methyl sites for hydroxylation is 1. The van der Waals surface area contributed by atoms with Crippen molar-refractivity contribution in [1.29, 1.82) is 0 Å². The first-order chi connectivity index (χ1) is 13.7. The molecule has 150 valence electrons. The lowest BCUT2D eigenvalue weighted by molar-refractivity contribution is -0.137. The molecule has 3 rings (SSSR count). The Morgan fingerprint density at radius 3 is 2.31 bits per heavy atom. The number of halogens is 3. The molecule has 0 saturated carbocycles. The molecule has 0 bridgehead atoms. The smallest absolute Gasteiger partial charge is 0.416 e. The SMILES string of the molecule is C/C(=N\NC(=O)c1ccccc1)c1nn(C)c(-c2ccc(C(F)(F)F)cc2)c1O. The van der Waals surface area contributed by atoms with Crippen LogP contribution in [0.3, 0.4) is 0 Å². The predicted octanol–water partition coefficient (Wildman–Crippen LogP) is 3.97. The summed E-state index contributed by atoms with van der Waals surface area (Å²) >= 11 is 0. The van der Waals surface area contributed by atoms with Crippen LogP contribution in [0, 0.1) is 0 Å². The lowest BCUT2D eigenvalue weighted by atomic mass is 10.1. The van der Waals surface area contributed by atoms with Crippen molar-refractivity contribution in [1.82, 2.24) is 15.2 Å². The summed E-state index contributed by atoms with van der Waals surface area (Å²) in [6.07, 6.45) is -4.45. The molecule has 2 aromatic carbocycles. The molecule has 0 aliphatic rings. The van der Waals surface area contributed by atoms with Crippen LogP contribution in [0.5, 0.6) is 5.75 Å². The number of alkyl halides is 3. The third-order valence-electron chi connectivity index (χ3n) is 4.21. The van der Waals surface area contributed by atoms with Gasteiger partial charge in [0.25, 0.3) is 5.91 Å². The van der Waals surface area contributed by atoms with Gasteiger partial charge in [0.2, 0.25) is 0 Å². The highest BCUT2D eigenvalue weighted by Gasteiger charge is 2.30. The molecule has 6 nitrogen and oxygen atoms in total. The molecule has 0 unspecified atom stereocenters. The normalized spacial score (nSPS) is 12.1. The van der Waals surface area contributed by atoms with Gasteiger partial charge in [0, 0.05) is 18.2 Å². The number of carbonyl (C=O) groups excluding carboxylic acids is 1. The third-order valence-corrected chi connectivity index (χ3v) is 4.21. The van der Waals surface area contributed by atoms with E-state index in [2.05, 4.69) is 15.6 Å². The Morgan fingerprint density at radius 2 is 1.72 bits per heavy atom. The summed E-state index contributed by atoms with van der Waals surface area (Å²) in [5, 5.41) is 18.7. The minimum Gasteiger partial charge on any atom is -0.504 e. The maximum Gasteiger partial charge on any atom is 0.416 e. The Bertz CT molecular complexity index is 1060. The van der Waals surface area contributed by atoms with Crippen molar-refractivity contribution in [2.75, 3.05) is 0 Å². The zero-order valence-electron chi connectivity index (χ0n) is 15.5. The van der Waals surface area contributed by atoms with E-state index in [1.807, 2.05) is 0 Å². The predicted molar refractivity (Wildman–Crippen MR) is 101 cm³/mol. The first kappa shape index (κ1) is 20.1. The molecule has 0 radical (unpaired) electrons. The van der Waals surface area contributed by atoms with Gasteiger partial charge in [-0.2, -0.15) is 23.4 Å².